The molecule has 2 unspecified atom stereocenters. The molecule has 0 amide bonds. The number of anilines is 3. The maximum absolute atomic E-state index is 14.6. The summed E-state index contributed by atoms with van der Waals surface area (Å²) in [5, 5.41) is 12.7. The number of nitrogens with one attached hydrogen (secondary N) is 1. The summed E-state index contributed by atoms with van der Waals surface area (Å²) >= 11 is 6.07. The number of hydrogen-bond donors (Lipinski definition) is 2. The van der Waals surface area contributed by atoms with Gasteiger partial charge in [0.25, 0.3) is 0 Å². The lowest BCUT2D eigenvalue weighted by molar-refractivity contribution is -0.136. The van der Waals surface area contributed by atoms with Gasteiger partial charge >= 0.3 is 5.97 Å². The lowest BCUT2D eigenvalue weighted by atomic mass is 9.95. The number of aromatic nitrogens is 2. The van der Waals surface area contributed by atoms with Gasteiger partial charge in [-0.25, -0.2) is 17.8 Å². The first-order chi connectivity index (χ1) is 18.7. The number of carboxylic acids is 1. The Balaban J connectivity index is 1.38. The zero-order valence-corrected chi connectivity index (χ0v) is 22.5. The van der Waals surface area contributed by atoms with E-state index in [0.29, 0.717) is 29.5 Å². The molecule has 11 heteroatoms. The second kappa shape index (κ2) is 9.91. The van der Waals surface area contributed by atoms with E-state index in [1.165, 1.54) is 17.7 Å². The van der Waals surface area contributed by atoms with E-state index in [9.17, 15) is 17.6 Å². The molecule has 202 valence electrons. The summed E-state index contributed by atoms with van der Waals surface area (Å²) < 4.78 is 40.8. The van der Waals surface area contributed by atoms with E-state index in [2.05, 4.69) is 16.3 Å². The van der Waals surface area contributed by atoms with Crippen LogP contribution in [0.3, 0.4) is 0 Å². The van der Waals surface area contributed by atoms with Crippen LogP contribution < -0.4 is 10.2 Å². The van der Waals surface area contributed by atoms with Gasteiger partial charge in [0.2, 0.25) is 5.95 Å². The highest BCUT2D eigenvalue weighted by atomic mass is 35.5. The molecule has 1 fully saturated rings. The van der Waals surface area contributed by atoms with Crippen molar-refractivity contribution in [2.75, 3.05) is 16.0 Å². The van der Waals surface area contributed by atoms with Crippen LogP contribution in [0.5, 0.6) is 0 Å². The van der Waals surface area contributed by atoms with Crippen molar-refractivity contribution >= 4 is 50.4 Å². The van der Waals surface area contributed by atoms with Gasteiger partial charge in [-0.3, -0.25) is 4.79 Å². The molecule has 3 aromatic rings. The van der Waals surface area contributed by atoms with Crippen molar-refractivity contribution in [2.45, 2.75) is 55.5 Å². The molecular weight excluding hydrogens is 543 g/mol. The van der Waals surface area contributed by atoms with Crippen molar-refractivity contribution in [3.05, 3.63) is 76.2 Å². The van der Waals surface area contributed by atoms with Crippen molar-refractivity contribution in [3.8, 4) is 0 Å². The minimum absolute atomic E-state index is 0.00848. The van der Waals surface area contributed by atoms with Crippen LogP contribution in [0, 0.1) is 5.82 Å². The zero-order valence-electron chi connectivity index (χ0n) is 20.9. The average molecular weight is 569 g/mol. The normalized spacial score (nSPS) is 21.3. The Morgan fingerprint density at radius 1 is 1.15 bits per heavy atom. The van der Waals surface area contributed by atoms with Crippen LogP contribution in [0.1, 0.15) is 42.5 Å². The van der Waals surface area contributed by atoms with Gasteiger partial charge in [-0.1, -0.05) is 35.9 Å². The van der Waals surface area contributed by atoms with Crippen molar-refractivity contribution in [3.63, 3.8) is 0 Å². The topological polar surface area (TPSA) is 112 Å². The Labute approximate surface area is 230 Å². The van der Waals surface area contributed by atoms with Crippen LogP contribution in [-0.2, 0) is 27.5 Å². The lowest BCUT2D eigenvalue weighted by Crippen LogP contribution is -2.40. The second-order valence-corrected chi connectivity index (χ2v) is 12.7. The number of nitrogens with zero attached hydrogens (tertiary/aromatic N) is 3. The van der Waals surface area contributed by atoms with Gasteiger partial charge in [0.1, 0.15) is 10.7 Å². The quantitative estimate of drug-likeness (QED) is 0.418. The van der Waals surface area contributed by atoms with E-state index in [1.807, 2.05) is 24.3 Å². The van der Waals surface area contributed by atoms with E-state index >= 15 is 0 Å². The fourth-order valence-electron chi connectivity index (χ4n) is 5.80. The molecule has 6 rings (SSSR count). The molecule has 39 heavy (non-hydrogen) atoms. The number of aryl methyl sites for hydroxylation is 1. The number of carbonyl (C=O) groups is 1. The molecule has 1 saturated heterocycles. The standard InChI is InChI=1S/C28H26ClFN4O4S/c29-19-6-3-16(4-7-19)18-12-21-9-10-22(13-18)34(21)28-32-24-2-1-11-39(37,38)26(24)27(33-28)31-20-8-5-17(14-25(35)36)23(30)15-20/h3-8,12,15,21-22H,1-2,9-11,13-14H2,(H,35,36)(H,31,32,33). The SMILES string of the molecule is O=C(O)Cc1ccc(Nc2nc(N3C4C=C(c5ccc(Cl)cc5)CC3CC4)nc3c2S(=O)(=O)CCC3)cc1F. The summed E-state index contributed by atoms with van der Waals surface area (Å²) in [5.41, 5.74) is 3.15. The lowest BCUT2D eigenvalue weighted by Gasteiger charge is -2.35. The largest absolute Gasteiger partial charge is 0.481 e. The predicted octanol–water partition coefficient (Wildman–Crippen LogP) is 5.18. The number of sulfone groups is 1. The molecule has 2 bridgehead atoms. The van der Waals surface area contributed by atoms with Gasteiger partial charge in [0.15, 0.2) is 15.7 Å². The number of rotatable bonds is 6. The first-order valence-electron chi connectivity index (χ1n) is 12.8. The second-order valence-electron chi connectivity index (χ2n) is 10.2. The predicted molar refractivity (Wildman–Crippen MR) is 147 cm³/mol. The van der Waals surface area contributed by atoms with Crippen LogP contribution in [0.2, 0.25) is 5.02 Å². The molecule has 4 heterocycles. The van der Waals surface area contributed by atoms with Crippen LogP contribution in [0.25, 0.3) is 5.57 Å². The smallest absolute Gasteiger partial charge is 0.307 e. The van der Waals surface area contributed by atoms with E-state index in [4.69, 9.17) is 26.7 Å². The molecule has 8 nitrogen and oxygen atoms in total. The monoisotopic (exact) mass is 568 g/mol. The molecule has 0 aliphatic carbocycles. The minimum Gasteiger partial charge on any atom is -0.481 e. The van der Waals surface area contributed by atoms with E-state index < -0.39 is 28.0 Å². The Bertz CT molecular complexity index is 1610. The molecule has 0 spiro atoms. The number of hydrogen-bond acceptors (Lipinski definition) is 7. The summed E-state index contributed by atoms with van der Waals surface area (Å²) in [7, 11) is -3.63. The van der Waals surface area contributed by atoms with Crippen LogP contribution in [0.15, 0.2) is 53.4 Å². The van der Waals surface area contributed by atoms with Gasteiger partial charge in [0.05, 0.1) is 23.9 Å². The Hall–Kier alpha value is -3.50. The van der Waals surface area contributed by atoms with Crippen LogP contribution in [-0.4, -0.2) is 47.3 Å². The first-order valence-corrected chi connectivity index (χ1v) is 14.9. The number of carboxylic acid groups (broad SMARTS) is 1. The zero-order chi connectivity index (χ0) is 27.3. The summed E-state index contributed by atoms with van der Waals surface area (Å²) in [6, 6.07) is 12.1. The third kappa shape index (κ3) is 4.98. The highest BCUT2D eigenvalue weighted by molar-refractivity contribution is 7.91. The highest BCUT2D eigenvalue weighted by Crippen LogP contribution is 2.42. The van der Waals surface area contributed by atoms with Crippen molar-refractivity contribution in [1.82, 2.24) is 9.97 Å². The third-order valence-electron chi connectivity index (χ3n) is 7.56. The van der Waals surface area contributed by atoms with Crippen LogP contribution >= 0.6 is 11.6 Å². The summed E-state index contributed by atoms with van der Waals surface area (Å²) in [6.07, 6.45) is 5.44. The van der Waals surface area contributed by atoms with Crippen molar-refractivity contribution in [2.24, 2.45) is 0 Å². The molecular formula is C28H26ClFN4O4S. The van der Waals surface area contributed by atoms with Gasteiger partial charge in [-0.2, -0.15) is 4.98 Å². The molecule has 1 aromatic heterocycles. The fraction of sp³-hybridized carbons (Fsp3) is 0.321. The van der Waals surface area contributed by atoms with Gasteiger partial charge in [-0.15, -0.1) is 0 Å². The molecule has 3 aliphatic rings. The van der Waals surface area contributed by atoms with Crippen molar-refractivity contribution in [1.29, 1.82) is 0 Å². The average Bonchev–Trinajstić information content (AvgIpc) is 3.14. The summed E-state index contributed by atoms with van der Waals surface area (Å²) in [6.45, 7) is 0. The third-order valence-corrected chi connectivity index (χ3v) is 9.69. The Morgan fingerprint density at radius 3 is 2.67 bits per heavy atom. The minimum atomic E-state index is -3.63. The molecule has 3 aliphatic heterocycles. The summed E-state index contributed by atoms with van der Waals surface area (Å²) in [5.74, 6) is -1.27. The first kappa shape index (κ1) is 25.8. The van der Waals surface area contributed by atoms with Crippen molar-refractivity contribution < 1.29 is 22.7 Å². The van der Waals surface area contributed by atoms with Gasteiger partial charge in [0, 0.05) is 16.8 Å². The molecule has 2 N–H and O–H groups in total. The molecule has 2 aromatic carbocycles. The van der Waals surface area contributed by atoms with Crippen LogP contribution in [0.4, 0.5) is 21.8 Å². The number of fused-ring (bicyclic) bond motifs is 3. The molecule has 0 radical (unpaired) electrons. The fourth-order valence-corrected chi connectivity index (χ4v) is 7.55. The van der Waals surface area contributed by atoms with E-state index in [0.717, 1.165) is 30.9 Å². The van der Waals surface area contributed by atoms with E-state index in [-0.39, 0.29) is 39.8 Å². The molecule has 0 saturated carbocycles. The maximum Gasteiger partial charge on any atom is 0.307 e. The molecule has 2 atom stereocenters. The Morgan fingerprint density at radius 2 is 1.95 bits per heavy atom. The number of benzene rings is 2. The van der Waals surface area contributed by atoms with Gasteiger partial charge < -0.3 is 15.3 Å². The summed E-state index contributed by atoms with van der Waals surface area (Å²) in [4.78, 5) is 22.7. The highest BCUT2D eigenvalue weighted by Gasteiger charge is 2.40. The maximum atomic E-state index is 14.6. The van der Waals surface area contributed by atoms with Gasteiger partial charge in [-0.05, 0) is 73.1 Å². The van der Waals surface area contributed by atoms with E-state index in [1.54, 1.807) is 0 Å². The Kier molecular flexibility index (Phi) is 6.55. The number of aliphatic carboxylic acids is 1. The number of halogens is 2.